The van der Waals surface area contributed by atoms with Crippen LogP contribution in [0.4, 0.5) is 11.4 Å². The maximum Gasteiger partial charge on any atom is 0.313 e. The van der Waals surface area contributed by atoms with Gasteiger partial charge < -0.3 is 19.1 Å². The lowest BCUT2D eigenvalue weighted by Crippen LogP contribution is -2.24. The Balaban J connectivity index is 1.53. The SMILES string of the molecule is COc1cc(Br)c(N2CC[C@@H](OCCOc3cccc(C#N)c3)C2)cc1[N+](=O)[O-]. The van der Waals surface area contributed by atoms with Gasteiger partial charge in [-0.15, -0.1) is 0 Å². The van der Waals surface area contributed by atoms with Gasteiger partial charge in [0.15, 0.2) is 5.75 Å². The molecule has 1 atom stereocenters. The normalized spacial score (nSPS) is 15.8. The Morgan fingerprint density at radius 2 is 2.17 bits per heavy atom. The number of halogens is 1. The van der Waals surface area contributed by atoms with E-state index in [1.807, 2.05) is 0 Å². The smallest absolute Gasteiger partial charge is 0.313 e. The van der Waals surface area contributed by atoms with Crippen LogP contribution in [0.15, 0.2) is 40.9 Å². The molecule has 0 spiro atoms. The summed E-state index contributed by atoms with van der Waals surface area (Å²) < 4.78 is 17.3. The summed E-state index contributed by atoms with van der Waals surface area (Å²) in [5.74, 6) is 0.852. The van der Waals surface area contributed by atoms with Crippen molar-refractivity contribution in [3.63, 3.8) is 0 Å². The lowest BCUT2D eigenvalue weighted by Gasteiger charge is -2.20. The van der Waals surface area contributed by atoms with Gasteiger partial charge >= 0.3 is 5.69 Å². The molecule has 0 unspecified atom stereocenters. The molecule has 2 aromatic rings. The van der Waals surface area contributed by atoms with Crippen LogP contribution in [0.2, 0.25) is 0 Å². The molecular weight excluding hydrogens is 442 g/mol. The molecule has 29 heavy (non-hydrogen) atoms. The van der Waals surface area contributed by atoms with Crippen LogP contribution < -0.4 is 14.4 Å². The highest BCUT2D eigenvalue weighted by Gasteiger charge is 2.27. The lowest BCUT2D eigenvalue weighted by atomic mass is 10.2. The van der Waals surface area contributed by atoms with Crippen molar-refractivity contribution in [1.29, 1.82) is 5.26 Å². The zero-order valence-corrected chi connectivity index (χ0v) is 17.4. The fraction of sp³-hybridized carbons (Fsp3) is 0.350. The summed E-state index contributed by atoms with van der Waals surface area (Å²) in [6, 6.07) is 12.2. The minimum Gasteiger partial charge on any atom is -0.491 e. The van der Waals surface area contributed by atoms with Crippen LogP contribution in [0.1, 0.15) is 12.0 Å². The summed E-state index contributed by atoms with van der Waals surface area (Å²) in [7, 11) is 1.41. The summed E-state index contributed by atoms with van der Waals surface area (Å²) in [5, 5.41) is 20.2. The molecule has 1 aliphatic rings. The van der Waals surface area contributed by atoms with Crippen LogP contribution in [0.25, 0.3) is 0 Å². The number of ether oxygens (including phenoxy) is 3. The van der Waals surface area contributed by atoms with Gasteiger partial charge in [0.1, 0.15) is 12.4 Å². The van der Waals surface area contributed by atoms with Crippen molar-refractivity contribution in [1.82, 2.24) is 0 Å². The van der Waals surface area contributed by atoms with E-state index in [9.17, 15) is 10.1 Å². The predicted octanol–water partition coefficient (Wildman–Crippen LogP) is 3.91. The first-order chi connectivity index (χ1) is 14.0. The van der Waals surface area contributed by atoms with E-state index in [1.54, 1.807) is 30.3 Å². The summed E-state index contributed by atoms with van der Waals surface area (Å²) in [6.07, 6.45) is 0.827. The van der Waals surface area contributed by atoms with Crippen LogP contribution >= 0.6 is 15.9 Å². The van der Waals surface area contributed by atoms with E-state index in [1.165, 1.54) is 13.2 Å². The largest absolute Gasteiger partial charge is 0.491 e. The fourth-order valence-electron chi connectivity index (χ4n) is 3.19. The highest BCUT2D eigenvalue weighted by atomic mass is 79.9. The van der Waals surface area contributed by atoms with Gasteiger partial charge in [0, 0.05) is 29.7 Å². The molecule has 8 nitrogen and oxygen atoms in total. The zero-order valence-electron chi connectivity index (χ0n) is 15.8. The average Bonchev–Trinajstić information content (AvgIpc) is 3.19. The Labute approximate surface area is 176 Å². The summed E-state index contributed by atoms with van der Waals surface area (Å²) in [5.41, 5.74) is 1.23. The quantitative estimate of drug-likeness (QED) is 0.333. The van der Waals surface area contributed by atoms with E-state index in [0.717, 1.165) is 23.1 Å². The molecule has 2 aromatic carbocycles. The second-order valence-electron chi connectivity index (χ2n) is 6.45. The highest BCUT2D eigenvalue weighted by Crippen LogP contribution is 2.39. The molecule has 0 amide bonds. The summed E-state index contributed by atoms with van der Waals surface area (Å²) in [4.78, 5) is 12.9. The van der Waals surface area contributed by atoms with Gasteiger partial charge in [0.05, 0.1) is 42.1 Å². The molecular formula is C20H20BrN3O5. The van der Waals surface area contributed by atoms with Gasteiger partial charge in [-0.05, 0) is 40.5 Å². The van der Waals surface area contributed by atoms with Crippen LogP contribution in [-0.4, -0.2) is 44.4 Å². The van der Waals surface area contributed by atoms with Gasteiger partial charge in [-0.1, -0.05) is 6.07 Å². The number of nitro benzene ring substituents is 1. The van der Waals surface area contributed by atoms with E-state index >= 15 is 0 Å². The van der Waals surface area contributed by atoms with Gasteiger partial charge in [-0.2, -0.15) is 5.26 Å². The highest BCUT2D eigenvalue weighted by molar-refractivity contribution is 9.10. The molecule has 1 heterocycles. The first-order valence-electron chi connectivity index (χ1n) is 9.03. The topological polar surface area (TPSA) is 97.9 Å². The third-order valence-electron chi connectivity index (χ3n) is 4.60. The Kier molecular flexibility index (Phi) is 6.90. The number of nitriles is 1. The average molecular weight is 462 g/mol. The predicted molar refractivity (Wildman–Crippen MR) is 111 cm³/mol. The molecule has 0 aliphatic carbocycles. The number of nitrogens with zero attached hydrogens (tertiary/aromatic N) is 3. The molecule has 1 fully saturated rings. The van der Waals surface area contributed by atoms with Crippen LogP contribution in [0.5, 0.6) is 11.5 Å². The molecule has 0 aromatic heterocycles. The molecule has 0 radical (unpaired) electrons. The maximum absolute atomic E-state index is 11.3. The van der Waals surface area contributed by atoms with Crippen molar-refractivity contribution >= 4 is 27.3 Å². The minimum absolute atomic E-state index is 0.0112. The first kappa shape index (κ1) is 20.9. The first-order valence-corrected chi connectivity index (χ1v) is 9.82. The Hall–Kier alpha value is -2.83. The number of anilines is 1. The lowest BCUT2D eigenvalue weighted by molar-refractivity contribution is -0.385. The van der Waals surface area contributed by atoms with Crippen molar-refractivity contribution in [2.45, 2.75) is 12.5 Å². The number of hydrogen-bond acceptors (Lipinski definition) is 7. The molecule has 1 aliphatic heterocycles. The van der Waals surface area contributed by atoms with Gasteiger partial charge in [-0.25, -0.2) is 0 Å². The number of nitro groups is 1. The van der Waals surface area contributed by atoms with Crippen molar-refractivity contribution in [3.05, 3.63) is 56.5 Å². The second-order valence-corrected chi connectivity index (χ2v) is 7.30. The van der Waals surface area contributed by atoms with Gasteiger partial charge in [-0.3, -0.25) is 10.1 Å². The van der Waals surface area contributed by atoms with Crippen LogP contribution in [-0.2, 0) is 4.74 Å². The van der Waals surface area contributed by atoms with Gasteiger partial charge in [0.25, 0.3) is 0 Å². The van der Waals surface area contributed by atoms with E-state index in [0.29, 0.717) is 31.1 Å². The second kappa shape index (κ2) is 9.58. The number of rotatable bonds is 8. The van der Waals surface area contributed by atoms with Crippen molar-refractivity contribution in [2.24, 2.45) is 0 Å². The van der Waals surface area contributed by atoms with E-state index < -0.39 is 4.92 Å². The molecule has 3 rings (SSSR count). The number of methoxy groups -OCH3 is 1. The van der Waals surface area contributed by atoms with Crippen molar-refractivity contribution in [2.75, 3.05) is 38.3 Å². The molecule has 0 saturated carbocycles. The minimum atomic E-state index is -0.447. The maximum atomic E-state index is 11.3. The van der Waals surface area contributed by atoms with Gasteiger partial charge in [0.2, 0.25) is 0 Å². The van der Waals surface area contributed by atoms with E-state index in [2.05, 4.69) is 26.9 Å². The molecule has 152 valence electrons. The van der Waals surface area contributed by atoms with Crippen LogP contribution in [0, 0.1) is 21.4 Å². The van der Waals surface area contributed by atoms with E-state index in [-0.39, 0.29) is 17.5 Å². The third kappa shape index (κ3) is 5.16. The fourth-order valence-corrected chi connectivity index (χ4v) is 3.77. The Bertz CT molecular complexity index is 931. The Morgan fingerprint density at radius 1 is 1.34 bits per heavy atom. The summed E-state index contributed by atoms with van der Waals surface area (Å²) >= 11 is 3.47. The number of benzene rings is 2. The molecule has 9 heteroatoms. The van der Waals surface area contributed by atoms with Crippen molar-refractivity contribution in [3.8, 4) is 17.6 Å². The van der Waals surface area contributed by atoms with Crippen LogP contribution in [0.3, 0.4) is 0 Å². The third-order valence-corrected chi connectivity index (χ3v) is 5.23. The summed E-state index contributed by atoms with van der Waals surface area (Å²) in [6.45, 7) is 2.16. The monoisotopic (exact) mass is 461 g/mol. The Morgan fingerprint density at radius 3 is 2.90 bits per heavy atom. The molecule has 0 bridgehead atoms. The van der Waals surface area contributed by atoms with E-state index in [4.69, 9.17) is 19.5 Å². The molecule has 1 saturated heterocycles. The standard InChI is InChI=1S/C20H20BrN3O5/c1-27-20-10-17(21)18(11-19(20)24(25)26)23-6-5-16(13-23)29-8-7-28-15-4-2-3-14(9-15)12-22/h2-4,9-11,16H,5-8,13H2,1H3/t16-/m1/s1. The number of hydrogen-bond donors (Lipinski definition) is 0. The molecule has 0 N–H and O–H groups in total. The zero-order chi connectivity index (χ0) is 20.8. The van der Waals surface area contributed by atoms with Crippen molar-refractivity contribution < 1.29 is 19.1 Å².